The van der Waals surface area contributed by atoms with Gasteiger partial charge in [0.25, 0.3) is 0 Å². The molecule has 1 aromatic rings. The summed E-state index contributed by atoms with van der Waals surface area (Å²) >= 11 is 0. The summed E-state index contributed by atoms with van der Waals surface area (Å²) in [6, 6.07) is 4.86. The molecule has 0 unspecified atom stereocenters. The van der Waals surface area contributed by atoms with Crippen molar-refractivity contribution in [3.63, 3.8) is 0 Å². The molecule has 5 nitrogen and oxygen atoms in total. The van der Waals surface area contributed by atoms with Crippen LogP contribution in [0.4, 0.5) is 8.78 Å². The zero-order valence-corrected chi connectivity index (χ0v) is 11.7. The highest BCUT2D eigenvalue weighted by Gasteiger charge is 2.25. The first kappa shape index (κ1) is 15.5. The quantitative estimate of drug-likeness (QED) is 0.801. The molecule has 7 heteroatoms. The Morgan fingerprint density at radius 2 is 2.24 bits per heavy atom. The number of carbonyl (C=O) groups is 1. The minimum Gasteiger partial charge on any atom is -0.490 e. The number of nitrogens with one attached hydrogen (secondary N) is 2. The number of ether oxygens (including phenoxy) is 2. The molecule has 1 aliphatic rings. The van der Waals surface area contributed by atoms with Gasteiger partial charge in [0.1, 0.15) is 0 Å². The molecular formula is C14H18F2N2O3. The molecule has 0 atom stereocenters. The van der Waals surface area contributed by atoms with Crippen LogP contribution in [0.15, 0.2) is 18.2 Å². The monoisotopic (exact) mass is 300 g/mol. The number of halogens is 2. The lowest BCUT2D eigenvalue weighted by molar-refractivity contribution is -0.126. The van der Waals surface area contributed by atoms with Gasteiger partial charge in [0.15, 0.2) is 11.5 Å². The summed E-state index contributed by atoms with van der Waals surface area (Å²) in [6.45, 7) is 0.555. The van der Waals surface area contributed by atoms with Crippen LogP contribution in [0, 0.1) is 5.92 Å². The fraction of sp³-hybridized carbons (Fsp3) is 0.500. The number of alkyl halides is 2. The number of benzene rings is 1. The van der Waals surface area contributed by atoms with Crippen LogP contribution in [0.1, 0.15) is 12.5 Å². The molecule has 21 heavy (non-hydrogen) atoms. The zero-order chi connectivity index (χ0) is 15.2. The van der Waals surface area contributed by atoms with Gasteiger partial charge < -0.3 is 20.1 Å². The first-order chi connectivity index (χ1) is 10.1. The van der Waals surface area contributed by atoms with Gasteiger partial charge in [0.05, 0.1) is 12.5 Å². The molecule has 1 aliphatic heterocycles. The fourth-order valence-corrected chi connectivity index (χ4v) is 1.99. The van der Waals surface area contributed by atoms with Crippen molar-refractivity contribution in [2.24, 2.45) is 5.92 Å². The van der Waals surface area contributed by atoms with Crippen molar-refractivity contribution in [3.8, 4) is 11.5 Å². The highest BCUT2D eigenvalue weighted by Crippen LogP contribution is 2.32. The summed E-state index contributed by atoms with van der Waals surface area (Å²) in [5.41, 5.74) is 0.460. The highest BCUT2D eigenvalue weighted by molar-refractivity contribution is 5.80. The molecular weight excluding hydrogens is 282 g/mol. The number of hydrogen-bond donors (Lipinski definition) is 2. The molecule has 1 amide bonds. The average molecular weight is 300 g/mol. The van der Waals surface area contributed by atoms with Crippen LogP contribution >= 0.6 is 0 Å². The molecule has 1 fully saturated rings. The average Bonchev–Trinajstić information content (AvgIpc) is 2.37. The molecule has 0 bridgehead atoms. The van der Waals surface area contributed by atoms with Gasteiger partial charge in [-0.25, -0.2) is 0 Å². The number of carbonyl (C=O) groups excluding carboxylic acids is 1. The van der Waals surface area contributed by atoms with E-state index in [0.29, 0.717) is 25.3 Å². The normalized spacial score (nSPS) is 14.7. The number of para-hydroxylation sites is 1. The summed E-state index contributed by atoms with van der Waals surface area (Å²) < 4.78 is 34.9. The molecule has 116 valence electrons. The van der Waals surface area contributed by atoms with Gasteiger partial charge in [-0.3, -0.25) is 4.79 Å². The van der Waals surface area contributed by atoms with E-state index < -0.39 is 6.61 Å². The molecule has 0 aromatic heterocycles. The van der Waals surface area contributed by atoms with Crippen LogP contribution in [0.25, 0.3) is 0 Å². The van der Waals surface area contributed by atoms with E-state index in [2.05, 4.69) is 15.4 Å². The van der Waals surface area contributed by atoms with Crippen LogP contribution < -0.4 is 20.1 Å². The van der Waals surface area contributed by atoms with Crippen molar-refractivity contribution in [1.82, 2.24) is 10.6 Å². The van der Waals surface area contributed by atoms with Crippen LogP contribution in [-0.4, -0.2) is 32.2 Å². The molecule has 0 aliphatic carbocycles. The predicted molar refractivity (Wildman–Crippen MR) is 72.4 cm³/mol. The number of hydrogen-bond acceptors (Lipinski definition) is 4. The number of amides is 1. The van der Waals surface area contributed by atoms with E-state index in [1.807, 2.05) is 0 Å². The summed E-state index contributed by atoms with van der Waals surface area (Å²) in [4.78, 5) is 11.8. The zero-order valence-electron chi connectivity index (χ0n) is 11.7. The van der Waals surface area contributed by atoms with Crippen molar-refractivity contribution in [2.75, 3.05) is 19.7 Å². The minimum absolute atomic E-state index is 0.0265. The standard InChI is InChI=1S/C14H18F2N2O3/c1-2-20-11-5-3-4-9(12(11)21-14(15)16)8-18-13(19)10-6-17-7-10/h3-5,10,14,17H,2,6-8H2,1H3,(H,18,19). The summed E-state index contributed by atoms with van der Waals surface area (Å²) in [5, 5.41) is 5.72. The maximum atomic E-state index is 12.5. The number of rotatable bonds is 7. The minimum atomic E-state index is -2.95. The highest BCUT2D eigenvalue weighted by atomic mass is 19.3. The predicted octanol–water partition coefficient (Wildman–Crippen LogP) is 1.52. The smallest absolute Gasteiger partial charge is 0.387 e. The van der Waals surface area contributed by atoms with E-state index in [9.17, 15) is 13.6 Å². The van der Waals surface area contributed by atoms with Crippen LogP contribution in [0.5, 0.6) is 11.5 Å². The van der Waals surface area contributed by atoms with Crippen molar-refractivity contribution >= 4 is 5.91 Å². The maximum absolute atomic E-state index is 12.5. The van der Waals surface area contributed by atoms with Gasteiger partial charge >= 0.3 is 6.61 Å². The van der Waals surface area contributed by atoms with Gasteiger partial charge in [-0.05, 0) is 13.0 Å². The Bertz CT molecular complexity index is 493. The van der Waals surface area contributed by atoms with Gasteiger partial charge in [-0.15, -0.1) is 0 Å². The summed E-state index contributed by atoms with van der Waals surface area (Å²) in [5.74, 6) is 0.0642. The summed E-state index contributed by atoms with van der Waals surface area (Å²) in [7, 11) is 0. The van der Waals surface area contributed by atoms with Crippen LogP contribution in [0.2, 0.25) is 0 Å². The van der Waals surface area contributed by atoms with Crippen LogP contribution in [-0.2, 0) is 11.3 Å². The summed E-state index contributed by atoms with van der Waals surface area (Å²) in [6.07, 6.45) is 0. The van der Waals surface area contributed by atoms with E-state index >= 15 is 0 Å². The third kappa shape index (κ3) is 4.04. The van der Waals surface area contributed by atoms with E-state index in [0.717, 1.165) is 0 Å². The topological polar surface area (TPSA) is 59.6 Å². The van der Waals surface area contributed by atoms with Crippen molar-refractivity contribution < 1.29 is 23.0 Å². The van der Waals surface area contributed by atoms with Crippen molar-refractivity contribution in [1.29, 1.82) is 0 Å². The lowest BCUT2D eigenvalue weighted by Crippen LogP contribution is -2.50. The van der Waals surface area contributed by atoms with E-state index in [4.69, 9.17) is 4.74 Å². The molecule has 1 heterocycles. The van der Waals surface area contributed by atoms with Crippen molar-refractivity contribution in [2.45, 2.75) is 20.1 Å². The molecule has 1 aromatic carbocycles. The van der Waals surface area contributed by atoms with E-state index in [1.54, 1.807) is 25.1 Å². The van der Waals surface area contributed by atoms with Gasteiger partial charge in [0, 0.05) is 25.2 Å². The molecule has 1 saturated heterocycles. The third-order valence-electron chi connectivity index (χ3n) is 3.17. The Labute approximate surface area is 121 Å². The second kappa shape index (κ2) is 7.21. The van der Waals surface area contributed by atoms with E-state index in [1.165, 1.54) is 0 Å². The molecule has 2 N–H and O–H groups in total. The van der Waals surface area contributed by atoms with E-state index in [-0.39, 0.29) is 29.9 Å². The molecule has 0 saturated carbocycles. The Hall–Kier alpha value is -1.89. The molecule has 0 radical (unpaired) electrons. The van der Waals surface area contributed by atoms with Gasteiger partial charge in [-0.1, -0.05) is 12.1 Å². The lowest BCUT2D eigenvalue weighted by Gasteiger charge is -2.26. The Morgan fingerprint density at radius 1 is 1.48 bits per heavy atom. The van der Waals surface area contributed by atoms with Gasteiger partial charge in [0.2, 0.25) is 5.91 Å². The third-order valence-corrected chi connectivity index (χ3v) is 3.17. The fourth-order valence-electron chi connectivity index (χ4n) is 1.99. The SMILES string of the molecule is CCOc1cccc(CNC(=O)C2CNC2)c1OC(F)F. The Morgan fingerprint density at radius 3 is 2.81 bits per heavy atom. The lowest BCUT2D eigenvalue weighted by atomic mass is 10.0. The van der Waals surface area contributed by atoms with Crippen LogP contribution in [0.3, 0.4) is 0 Å². The molecule has 0 spiro atoms. The second-order valence-electron chi connectivity index (χ2n) is 4.63. The largest absolute Gasteiger partial charge is 0.490 e. The Balaban J connectivity index is 2.08. The van der Waals surface area contributed by atoms with Gasteiger partial charge in [-0.2, -0.15) is 8.78 Å². The first-order valence-electron chi connectivity index (χ1n) is 6.79. The Kier molecular flexibility index (Phi) is 5.32. The second-order valence-corrected chi connectivity index (χ2v) is 4.63. The molecule has 2 rings (SSSR count). The first-order valence-corrected chi connectivity index (χ1v) is 6.79. The maximum Gasteiger partial charge on any atom is 0.387 e. The van der Waals surface area contributed by atoms with Crippen molar-refractivity contribution in [3.05, 3.63) is 23.8 Å².